The number of nitrogens with one attached hydrogen (secondary N) is 2. The molecule has 0 aliphatic heterocycles. The molecule has 0 aliphatic rings. The largest absolute Gasteiger partial charge is 0.383 e. The molecule has 1 rings (SSSR count). The molecule has 0 aromatic heterocycles. The predicted octanol–water partition coefficient (Wildman–Crippen LogP) is 0.553. The van der Waals surface area contributed by atoms with E-state index in [-0.39, 0.29) is 0 Å². The molecule has 16 heavy (non-hydrogen) atoms. The standard InChI is InChI=1S/C11H18N2O3/c1-3-4-5-12-8-9(11(15)10(8)14)13-6-7-16-2/h12-13H,3-7H2,1-2H3. The van der Waals surface area contributed by atoms with Crippen molar-refractivity contribution < 1.29 is 4.74 Å². The second-order valence-electron chi connectivity index (χ2n) is 3.61. The third kappa shape index (κ3) is 2.82. The van der Waals surface area contributed by atoms with Crippen LogP contribution in [0, 0.1) is 0 Å². The summed E-state index contributed by atoms with van der Waals surface area (Å²) in [6.45, 7) is 3.83. The maximum absolute atomic E-state index is 11.3. The van der Waals surface area contributed by atoms with Crippen molar-refractivity contribution in [3.63, 3.8) is 0 Å². The number of rotatable bonds is 8. The van der Waals surface area contributed by atoms with Crippen LogP contribution >= 0.6 is 0 Å². The van der Waals surface area contributed by atoms with E-state index in [9.17, 15) is 9.59 Å². The minimum Gasteiger partial charge on any atom is -0.383 e. The molecular formula is C11H18N2O3. The van der Waals surface area contributed by atoms with Gasteiger partial charge in [0.2, 0.25) is 0 Å². The summed E-state index contributed by atoms with van der Waals surface area (Å²) < 4.78 is 4.85. The highest BCUT2D eigenvalue weighted by Gasteiger charge is 2.19. The summed E-state index contributed by atoms with van der Waals surface area (Å²) in [5, 5.41) is 5.88. The first-order chi connectivity index (χ1) is 7.72. The second-order valence-corrected chi connectivity index (χ2v) is 3.61. The summed E-state index contributed by atoms with van der Waals surface area (Å²) in [6, 6.07) is 0. The van der Waals surface area contributed by atoms with Crippen LogP contribution in [0.1, 0.15) is 19.8 Å². The van der Waals surface area contributed by atoms with E-state index >= 15 is 0 Å². The van der Waals surface area contributed by atoms with Crippen molar-refractivity contribution in [3.8, 4) is 0 Å². The van der Waals surface area contributed by atoms with Crippen LogP contribution in [0.5, 0.6) is 0 Å². The molecule has 0 saturated heterocycles. The molecular weight excluding hydrogens is 208 g/mol. The zero-order valence-corrected chi connectivity index (χ0v) is 9.76. The minimum absolute atomic E-state index is 0.401. The van der Waals surface area contributed by atoms with Gasteiger partial charge in [0.25, 0.3) is 10.9 Å². The molecule has 5 heteroatoms. The summed E-state index contributed by atoms with van der Waals surface area (Å²) in [7, 11) is 1.59. The lowest BCUT2D eigenvalue weighted by Gasteiger charge is -2.14. The SMILES string of the molecule is CCCCNc1c(NCCOC)c(=O)c1=O. The van der Waals surface area contributed by atoms with Gasteiger partial charge in [-0.2, -0.15) is 0 Å². The lowest BCUT2D eigenvalue weighted by molar-refractivity contribution is 0.210. The molecule has 0 spiro atoms. The fraction of sp³-hybridized carbons (Fsp3) is 0.636. The molecule has 0 radical (unpaired) electrons. The Bertz CT molecular complexity index is 356. The van der Waals surface area contributed by atoms with Gasteiger partial charge in [-0.1, -0.05) is 13.3 Å². The summed E-state index contributed by atoms with van der Waals surface area (Å²) in [5.41, 5.74) is -0.0289. The Labute approximate surface area is 94.5 Å². The monoisotopic (exact) mass is 226 g/mol. The van der Waals surface area contributed by atoms with E-state index in [1.54, 1.807) is 7.11 Å². The maximum atomic E-state index is 11.3. The lowest BCUT2D eigenvalue weighted by Crippen LogP contribution is -2.38. The van der Waals surface area contributed by atoms with Crippen molar-refractivity contribution in [1.29, 1.82) is 0 Å². The number of methoxy groups -OCH3 is 1. The summed E-state index contributed by atoms with van der Waals surface area (Å²) >= 11 is 0. The van der Waals surface area contributed by atoms with E-state index in [1.165, 1.54) is 0 Å². The van der Waals surface area contributed by atoms with Crippen LogP contribution in [0.3, 0.4) is 0 Å². The van der Waals surface area contributed by atoms with Gasteiger partial charge in [0, 0.05) is 20.2 Å². The highest BCUT2D eigenvalue weighted by atomic mass is 16.5. The van der Waals surface area contributed by atoms with E-state index in [2.05, 4.69) is 17.6 Å². The zero-order chi connectivity index (χ0) is 12.0. The molecule has 90 valence electrons. The lowest BCUT2D eigenvalue weighted by atomic mass is 10.2. The second kappa shape index (κ2) is 6.27. The van der Waals surface area contributed by atoms with Gasteiger partial charge in [0.05, 0.1) is 6.61 Å². The minimum atomic E-state index is -0.435. The molecule has 2 N–H and O–H groups in total. The zero-order valence-electron chi connectivity index (χ0n) is 9.76. The molecule has 0 aliphatic carbocycles. The Morgan fingerprint density at radius 3 is 2.12 bits per heavy atom. The molecule has 0 fully saturated rings. The Balaban J connectivity index is 2.52. The molecule has 1 aromatic carbocycles. The van der Waals surface area contributed by atoms with Crippen LogP contribution in [0.4, 0.5) is 11.4 Å². The molecule has 0 bridgehead atoms. The molecule has 0 saturated carbocycles. The number of ether oxygens (including phenoxy) is 1. The summed E-state index contributed by atoms with van der Waals surface area (Å²) in [6.07, 6.45) is 2.03. The Morgan fingerprint density at radius 2 is 1.62 bits per heavy atom. The third-order valence-electron chi connectivity index (χ3n) is 2.35. The van der Waals surface area contributed by atoms with E-state index in [1.807, 2.05) is 0 Å². The van der Waals surface area contributed by atoms with Crippen molar-refractivity contribution in [1.82, 2.24) is 0 Å². The van der Waals surface area contributed by atoms with Crippen LogP contribution < -0.4 is 21.5 Å². The van der Waals surface area contributed by atoms with Gasteiger partial charge < -0.3 is 15.4 Å². The number of hydrogen-bond acceptors (Lipinski definition) is 5. The quantitative estimate of drug-likeness (QED) is 0.500. The summed E-state index contributed by atoms with van der Waals surface area (Å²) in [4.78, 5) is 22.5. The van der Waals surface area contributed by atoms with Gasteiger partial charge in [-0.05, 0) is 6.42 Å². The summed E-state index contributed by atoms with van der Waals surface area (Å²) in [5.74, 6) is 0. The first-order valence-electron chi connectivity index (χ1n) is 5.52. The maximum Gasteiger partial charge on any atom is 0.253 e. The average Bonchev–Trinajstić information content (AvgIpc) is 2.31. The van der Waals surface area contributed by atoms with E-state index in [0.717, 1.165) is 19.4 Å². The van der Waals surface area contributed by atoms with Crippen molar-refractivity contribution in [2.24, 2.45) is 0 Å². The molecule has 0 heterocycles. The first-order valence-corrected chi connectivity index (χ1v) is 5.52. The van der Waals surface area contributed by atoms with Gasteiger partial charge in [-0.3, -0.25) is 9.59 Å². The van der Waals surface area contributed by atoms with Crippen LogP contribution in [0.2, 0.25) is 0 Å². The normalized spacial score (nSPS) is 10.6. The van der Waals surface area contributed by atoms with Crippen molar-refractivity contribution >= 4 is 11.4 Å². The Hall–Kier alpha value is -1.36. The van der Waals surface area contributed by atoms with Crippen LogP contribution in [0.25, 0.3) is 0 Å². The molecule has 0 amide bonds. The Morgan fingerprint density at radius 1 is 1.06 bits per heavy atom. The van der Waals surface area contributed by atoms with Crippen molar-refractivity contribution in [2.75, 3.05) is 37.4 Å². The van der Waals surface area contributed by atoms with Crippen molar-refractivity contribution in [2.45, 2.75) is 19.8 Å². The van der Waals surface area contributed by atoms with Gasteiger partial charge in [0.1, 0.15) is 11.4 Å². The third-order valence-corrected chi connectivity index (χ3v) is 2.35. The van der Waals surface area contributed by atoms with E-state index in [4.69, 9.17) is 4.74 Å². The number of unbranched alkanes of at least 4 members (excludes halogenated alkanes) is 1. The molecule has 0 unspecified atom stereocenters. The van der Waals surface area contributed by atoms with Gasteiger partial charge in [-0.15, -0.1) is 0 Å². The van der Waals surface area contributed by atoms with E-state index < -0.39 is 10.9 Å². The fourth-order valence-electron chi connectivity index (χ4n) is 1.40. The first kappa shape index (κ1) is 12.7. The van der Waals surface area contributed by atoms with Gasteiger partial charge in [0.15, 0.2) is 0 Å². The highest BCUT2D eigenvalue weighted by molar-refractivity contribution is 5.73. The van der Waals surface area contributed by atoms with Crippen molar-refractivity contribution in [3.05, 3.63) is 20.4 Å². The van der Waals surface area contributed by atoms with Crippen LogP contribution in [-0.4, -0.2) is 26.8 Å². The number of hydrogen-bond donors (Lipinski definition) is 2. The van der Waals surface area contributed by atoms with Crippen LogP contribution in [-0.2, 0) is 4.74 Å². The average molecular weight is 226 g/mol. The Kier molecular flexibility index (Phi) is 4.98. The van der Waals surface area contributed by atoms with Gasteiger partial charge in [-0.25, -0.2) is 0 Å². The highest BCUT2D eigenvalue weighted by Crippen LogP contribution is 2.13. The van der Waals surface area contributed by atoms with Gasteiger partial charge >= 0.3 is 0 Å². The topological polar surface area (TPSA) is 67.4 Å². The molecule has 0 atom stereocenters. The van der Waals surface area contributed by atoms with E-state index in [0.29, 0.717) is 24.5 Å². The number of anilines is 2. The predicted molar refractivity (Wildman–Crippen MR) is 65.1 cm³/mol. The smallest absolute Gasteiger partial charge is 0.253 e. The van der Waals surface area contributed by atoms with Crippen LogP contribution in [0.15, 0.2) is 9.59 Å². The molecule has 1 aromatic rings. The fourth-order valence-corrected chi connectivity index (χ4v) is 1.40. The molecule has 5 nitrogen and oxygen atoms in total.